The van der Waals surface area contributed by atoms with Gasteiger partial charge in [-0.1, -0.05) is 41.9 Å². The van der Waals surface area contributed by atoms with Gasteiger partial charge in [-0.15, -0.1) is 0 Å². The van der Waals surface area contributed by atoms with Gasteiger partial charge in [0.15, 0.2) is 0 Å². The van der Waals surface area contributed by atoms with Gasteiger partial charge >= 0.3 is 0 Å². The predicted molar refractivity (Wildman–Crippen MR) is 67.4 cm³/mol. The molecular formula is C13H13ClN2O. The van der Waals surface area contributed by atoms with E-state index < -0.39 is 0 Å². The van der Waals surface area contributed by atoms with E-state index in [2.05, 4.69) is 22.1 Å². The van der Waals surface area contributed by atoms with Crippen LogP contribution < -0.4 is 4.74 Å². The van der Waals surface area contributed by atoms with Crippen LogP contribution in [0, 0.1) is 6.92 Å². The molecule has 0 atom stereocenters. The first-order chi connectivity index (χ1) is 8.24. The molecule has 88 valence electrons. The minimum Gasteiger partial charge on any atom is -0.477 e. The number of ether oxygens (including phenoxy) is 1. The Morgan fingerprint density at radius 3 is 2.65 bits per heavy atom. The summed E-state index contributed by atoms with van der Waals surface area (Å²) in [6, 6.07) is 11.8. The highest BCUT2D eigenvalue weighted by Crippen LogP contribution is 2.13. The lowest BCUT2D eigenvalue weighted by Crippen LogP contribution is -2.03. The zero-order chi connectivity index (χ0) is 12.1. The monoisotopic (exact) mass is 248 g/mol. The lowest BCUT2D eigenvalue weighted by Gasteiger charge is -2.06. The Kier molecular flexibility index (Phi) is 3.94. The summed E-state index contributed by atoms with van der Waals surface area (Å²) in [5, 5.41) is 0.409. The van der Waals surface area contributed by atoms with Gasteiger partial charge in [0.25, 0.3) is 0 Å². The summed E-state index contributed by atoms with van der Waals surface area (Å²) in [7, 11) is 0. The molecule has 17 heavy (non-hydrogen) atoms. The number of hydrogen-bond acceptors (Lipinski definition) is 3. The van der Waals surface area contributed by atoms with Gasteiger partial charge in [0.1, 0.15) is 11.0 Å². The van der Waals surface area contributed by atoms with Crippen molar-refractivity contribution in [2.45, 2.75) is 13.3 Å². The molecule has 4 heteroatoms. The topological polar surface area (TPSA) is 35.0 Å². The molecule has 0 saturated heterocycles. The molecule has 1 aromatic carbocycles. The van der Waals surface area contributed by atoms with Gasteiger partial charge in [0, 0.05) is 12.5 Å². The Morgan fingerprint density at radius 1 is 1.18 bits per heavy atom. The van der Waals surface area contributed by atoms with E-state index in [-0.39, 0.29) is 0 Å². The molecule has 0 N–H and O–H groups in total. The van der Waals surface area contributed by atoms with Crippen LogP contribution in [0.1, 0.15) is 11.4 Å². The largest absolute Gasteiger partial charge is 0.477 e. The van der Waals surface area contributed by atoms with Crippen LogP contribution in [-0.4, -0.2) is 16.6 Å². The standard InChI is InChI=1S/C13H13ClN2O/c1-10-15-12(14)9-13(16-10)17-8-7-11-5-3-2-4-6-11/h2-6,9H,7-8H2,1H3. The Balaban J connectivity index is 1.90. The second-order valence-corrected chi connectivity index (χ2v) is 4.05. The van der Waals surface area contributed by atoms with Crippen molar-refractivity contribution < 1.29 is 4.74 Å². The van der Waals surface area contributed by atoms with Gasteiger partial charge in [-0.2, -0.15) is 4.98 Å². The third kappa shape index (κ3) is 3.71. The molecule has 0 aliphatic rings. The van der Waals surface area contributed by atoms with E-state index in [4.69, 9.17) is 16.3 Å². The fraction of sp³-hybridized carbons (Fsp3) is 0.231. The van der Waals surface area contributed by atoms with Crippen LogP contribution in [0.4, 0.5) is 0 Å². The summed E-state index contributed by atoms with van der Waals surface area (Å²) in [6.45, 7) is 2.37. The zero-order valence-corrected chi connectivity index (χ0v) is 10.3. The van der Waals surface area contributed by atoms with Gasteiger partial charge in [-0.05, 0) is 12.5 Å². The molecule has 2 aromatic rings. The second kappa shape index (κ2) is 5.64. The second-order valence-electron chi connectivity index (χ2n) is 3.66. The maximum Gasteiger partial charge on any atom is 0.218 e. The highest BCUT2D eigenvalue weighted by Gasteiger charge is 2.01. The number of rotatable bonds is 4. The van der Waals surface area contributed by atoms with Crippen molar-refractivity contribution in [2.75, 3.05) is 6.61 Å². The average Bonchev–Trinajstić information content (AvgIpc) is 2.29. The highest BCUT2D eigenvalue weighted by atomic mass is 35.5. The predicted octanol–water partition coefficient (Wildman–Crippen LogP) is 3.06. The van der Waals surface area contributed by atoms with Crippen LogP contribution >= 0.6 is 11.6 Å². The summed E-state index contributed by atoms with van der Waals surface area (Å²) >= 11 is 5.81. The minimum atomic E-state index is 0.409. The van der Waals surface area contributed by atoms with Crippen molar-refractivity contribution in [1.82, 2.24) is 9.97 Å². The Labute approximate surface area is 105 Å². The molecule has 2 rings (SSSR count). The fourth-order valence-corrected chi connectivity index (χ4v) is 1.71. The van der Waals surface area contributed by atoms with Crippen molar-refractivity contribution in [3.8, 4) is 5.88 Å². The average molecular weight is 249 g/mol. The number of nitrogens with zero attached hydrogens (tertiary/aromatic N) is 2. The fourth-order valence-electron chi connectivity index (χ4n) is 1.50. The molecule has 0 bridgehead atoms. The van der Waals surface area contributed by atoms with E-state index in [0.717, 1.165) is 6.42 Å². The van der Waals surface area contributed by atoms with Gasteiger partial charge in [0.2, 0.25) is 5.88 Å². The molecule has 0 spiro atoms. The van der Waals surface area contributed by atoms with Crippen molar-refractivity contribution in [3.05, 3.63) is 52.9 Å². The normalized spacial score (nSPS) is 10.2. The van der Waals surface area contributed by atoms with E-state index in [1.807, 2.05) is 18.2 Å². The van der Waals surface area contributed by atoms with Crippen LogP contribution in [0.5, 0.6) is 5.88 Å². The molecule has 0 aliphatic carbocycles. The van der Waals surface area contributed by atoms with Gasteiger partial charge in [-0.3, -0.25) is 0 Å². The molecule has 1 heterocycles. The van der Waals surface area contributed by atoms with Crippen molar-refractivity contribution in [2.24, 2.45) is 0 Å². The number of benzene rings is 1. The number of halogens is 1. The van der Waals surface area contributed by atoms with Crippen LogP contribution in [-0.2, 0) is 6.42 Å². The van der Waals surface area contributed by atoms with Crippen LogP contribution in [0.3, 0.4) is 0 Å². The number of aromatic nitrogens is 2. The maximum absolute atomic E-state index is 5.81. The first kappa shape index (κ1) is 11.9. The molecule has 3 nitrogen and oxygen atoms in total. The van der Waals surface area contributed by atoms with Gasteiger partial charge in [0.05, 0.1) is 6.61 Å². The summed E-state index contributed by atoms with van der Waals surface area (Å²) in [5.41, 5.74) is 1.24. The van der Waals surface area contributed by atoms with Crippen molar-refractivity contribution >= 4 is 11.6 Å². The molecule has 0 amide bonds. The quantitative estimate of drug-likeness (QED) is 0.780. The molecule has 0 saturated carbocycles. The van der Waals surface area contributed by atoms with Gasteiger partial charge in [-0.25, -0.2) is 4.98 Å². The summed E-state index contributed by atoms with van der Waals surface area (Å²) in [6.07, 6.45) is 0.849. The third-order valence-corrected chi connectivity index (χ3v) is 2.46. The van der Waals surface area contributed by atoms with E-state index in [9.17, 15) is 0 Å². The smallest absolute Gasteiger partial charge is 0.218 e. The molecule has 0 fully saturated rings. The molecule has 1 aromatic heterocycles. The van der Waals surface area contributed by atoms with Crippen molar-refractivity contribution in [3.63, 3.8) is 0 Å². The molecule has 0 unspecified atom stereocenters. The van der Waals surface area contributed by atoms with E-state index >= 15 is 0 Å². The van der Waals surface area contributed by atoms with Crippen molar-refractivity contribution in [1.29, 1.82) is 0 Å². The van der Waals surface area contributed by atoms with Gasteiger partial charge < -0.3 is 4.74 Å². The Hall–Kier alpha value is -1.61. The number of hydrogen-bond donors (Lipinski definition) is 0. The first-order valence-electron chi connectivity index (χ1n) is 5.42. The zero-order valence-electron chi connectivity index (χ0n) is 9.56. The molecule has 0 radical (unpaired) electrons. The third-order valence-electron chi connectivity index (χ3n) is 2.27. The minimum absolute atomic E-state index is 0.409. The lowest BCUT2D eigenvalue weighted by molar-refractivity contribution is 0.308. The van der Waals surface area contributed by atoms with Crippen LogP contribution in [0.2, 0.25) is 5.15 Å². The summed E-state index contributed by atoms with van der Waals surface area (Å²) in [5.74, 6) is 1.14. The van der Waals surface area contributed by atoms with Crippen LogP contribution in [0.15, 0.2) is 36.4 Å². The molecular weight excluding hydrogens is 236 g/mol. The Bertz CT molecular complexity index is 468. The van der Waals surface area contributed by atoms with Crippen LogP contribution in [0.25, 0.3) is 0 Å². The lowest BCUT2D eigenvalue weighted by atomic mass is 10.2. The maximum atomic E-state index is 5.81. The van der Waals surface area contributed by atoms with E-state index in [1.54, 1.807) is 13.0 Å². The Morgan fingerprint density at radius 2 is 1.94 bits per heavy atom. The van der Waals surface area contributed by atoms with E-state index in [0.29, 0.717) is 23.5 Å². The van der Waals surface area contributed by atoms with E-state index in [1.165, 1.54) is 5.56 Å². The summed E-state index contributed by atoms with van der Waals surface area (Å²) < 4.78 is 5.54. The summed E-state index contributed by atoms with van der Waals surface area (Å²) in [4.78, 5) is 8.12. The first-order valence-corrected chi connectivity index (χ1v) is 5.80. The SMILES string of the molecule is Cc1nc(Cl)cc(OCCc2ccccc2)n1. The highest BCUT2D eigenvalue weighted by molar-refractivity contribution is 6.29. The molecule has 0 aliphatic heterocycles. The number of aryl methyl sites for hydroxylation is 1.